The van der Waals surface area contributed by atoms with Crippen LogP contribution < -0.4 is 10.6 Å². The molecule has 10 heteroatoms. The summed E-state index contributed by atoms with van der Waals surface area (Å²) < 4.78 is 10.6. The van der Waals surface area contributed by atoms with E-state index < -0.39 is 11.9 Å². The summed E-state index contributed by atoms with van der Waals surface area (Å²) in [6.07, 6.45) is 5.28. The van der Waals surface area contributed by atoms with Gasteiger partial charge in [-0.2, -0.15) is 0 Å². The van der Waals surface area contributed by atoms with Crippen molar-refractivity contribution in [2.24, 2.45) is 11.8 Å². The molecule has 0 fully saturated rings. The monoisotopic (exact) mass is 608 g/mol. The number of nitrogens with one attached hydrogen (secondary N) is 2. The SMILES string of the molecule is CCOC(=O)c1c(NC(=O)c2ccc(C(=O)Nc3sc4c(c3C(=O)OCC)CCC(C)C4)cc2)sc2c1CCC(C)C2. The highest BCUT2D eigenvalue weighted by Gasteiger charge is 2.31. The fraction of sp³-hybridized carbons (Fsp3) is 0.438. The predicted molar refractivity (Wildman–Crippen MR) is 165 cm³/mol. The van der Waals surface area contributed by atoms with Crippen LogP contribution in [0.5, 0.6) is 0 Å². The number of carbonyl (C=O) groups excluding carboxylic acids is 4. The van der Waals surface area contributed by atoms with Gasteiger partial charge >= 0.3 is 11.9 Å². The second-order valence-electron chi connectivity index (χ2n) is 11.0. The highest BCUT2D eigenvalue weighted by atomic mass is 32.1. The summed E-state index contributed by atoms with van der Waals surface area (Å²) in [7, 11) is 0. The van der Waals surface area contributed by atoms with Gasteiger partial charge in [-0.15, -0.1) is 22.7 Å². The second kappa shape index (κ2) is 12.8. The number of fused-ring (bicyclic) bond motifs is 2. The van der Waals surface area contributed by atoms with Gasteiger partial charge in [-0.3, -0.25) is 9.59 Å². The van der Waals surface area contributed by atoms with E-state index in [4.69, 9.17) is 9.47 Å². The Bertz CT molecular complexity index is 1410. The summed E-state index contributed by atoms with van der Waals surface area (Å²) in [5.41, 5.74) is 3.58. The van der Waals surface area contributed by atoms with Crippen molar-refractivity contribution in [2.45, 2.75) is 66.2 Å². The fourth-order valence-corrected chi connectivity index (χ4v) is 8.43. The standard InChI is InChI=1S/C32H36N2O6S2/c1-5-39-31(37)25-21-13-7-17(3)15-23(21)41-29(25)33-27(35)19-9-11-20(12-10-19)28(36)34-30-26(32(38)40-6-2)22-14-8-18(4)16-24(22)42-30/h9-12,17-18H,5-8,13-16H2,1-4H3,(H,33,35)(H,34,36). The molecule has 2 atom stereocenters. The van der Waals surface area contributed by atoms with Crippen molar-refractivity contribution in [3.8, 4) is 0 Å². The van der Waals surface area contributed by atoms with Gasteiger partial charge < -0.3 is 20.1 Å². The average molecular weight is 609 g/mol. The van der Waals surface area contributed by atoms with Crippen LogP contribution >= 0.6 is 22.7 Å². The summed E-state index contributed by atoms with van der Waals surface area (Å²) in [6.45, 7) is 8.41. The molecule has 42 heavy (non-hydrogen) atoms. The van der Waals surface area contributed by atoms with Gasteiger partial charge in [-0.05, 0) is 99.6 Å². The molecule has 2 heterocycles. The van der Waals surface area contributed by atoms with E-state index in [0.29, 0.717) is 44.1 Å². The van der Waals surface area contributed by atoms with Crippen LogP contribution in [0, 0.1) is 11.8 Å². The maximum Gasteiger partial charge on any atom is 0.341 e. The lowest BCUT2D eigenvalue weighted by Crippen LogP contribution is -2.18. The molecule has 1 aromatic carbocycles. The van der Waals surface area contributed by atoms with Crippen LogP contribution in [0.25, 0.3) is 0 Å². The van der Waals surface area contributed by atoms with Crippen LogP contribution in [0.15, 0.2) is 24.3 Å². The third kappa shape index (κ3) is 6.15. The molecule has 2 aliphatic carbocycles. The van der Waals surface area contributed by atoms with Crippen LogP contribution in [0.2, 0.25) is 0 Å². The lowest BCUT2D eigenvalue weighted by Gasteiger charge is -2.18. The number of amides is 2. The number of benzene rings is 1. The van der Waals surface area contributed by atoms with E-state index in [2.05, 4.69) is 24.5 Å². The molecular weight excluding hydrogens is 572 g/mol. The van der Waals surface area contributed by atoms with Gasteiger partial charge in [-0.25, -0.2) is 9.59 Å². The van der Waals surface area contributed by atoms with Crippen LogP contribution in [0.3, 0.4) is 0 Å². The van der Waals surface area contributed by atoms with Gasteiger partial charge in [0.2, 0.25) is 0 Å². The maximum atomic E-state index is 13.2. The van der Waals surface area contributed by atoms with Gasteiger partial charge in [-0.1, -0.05) is 13.8 Å². The van der Waals surface area contributed by atoms with E-state index in [1.807, 2.05) is 0 Å². The lowest BCUT2D eigenvalue weighted by atomic mass is 9.88. The smallest absolute Gasteiger partial charge is 0.341 e. The number of hydrogen-bond donors (Lipinski definition) is 2. The van der Waals surface area contributed by atoms with Gasteiger partial charge in [0.25, 0.3) is 11.8 Å². The van der Waals surface area contributed by atoms with Gasteiger partial charge in [0.1, 0.15) is 10.0 Å². The Morgan fingerprint density at radius 3 is 1.45 bits per heavy atom. The third-order valence-electron chi connectivity index (χ3n) is 7.85. The van der Waals surface area contributed by atoms with Gasteiger partial charge in [0.15, 0.2) is 0 Å². The van der Waals surface area contributed by atoms with Crippen molar-refractivity contribution in [1.82, 2.24) is 0 Å². The Labute approximate surface area is 253 Å². The topological polar surface area (TPSA) is 111 Å². The first-order chi connectivity index (χ1) is 20.2. The Kier molecular flexibility index (Phi) is 9.13. The van der Waals surface area contributed by atoms with Gasteiger partial charge in [0, 0.05) is 20.9 Å². The molecule has 5 rings (SSSR count). The number of anilines is 2. The summed E-state index contributed by atoms with van der Waals surface area (Å²) in [5, 5.41) is 6.84. The van der Waals surface area contributed by atoms with E-state index in [1.54, 1.807) is 38.1 Å². The van der Waals surface area contributed by atoms with Crippen LogP contribution in [0.4, 0.5) is 10.0 Å². The highest BCUT2D eigenvalue weighted by molar-refractivity contribution is 7.17. The first-order valence-corrected chi connectivity index (χ1v) is 16.2. The Morgan fingerprint density at radius 2 is 1.10 bits per heavy atom. The van der Waals surface area contributed by atoms with E-state index in [1.165, 1.54) is 22.7 Å². The molecule has 3 aromatic rings. The van der Waals surface area contributed by atoms with E-state index in [9.17, 15) is 19.2 Å². The van der Waals surface area contributed by atoms with Crippen molar-refractivity contribution in [2.75, 3.05) is 23.8 Å². The molecule has 222 valence electrons. The van der Waals surface area contributed by atoms with Crippen LogP contribution in [-0.2, 0) is 35.2 Å². The number of esters is 2. The van der Waals surface area contributed by atoms with Crippen molar-refractivity contribution in [3.63, 3.8) is 0 Å². The number of ether oxygens (including phenoxy) is 2. The molecule has 0 bridgehead atoms. The molecule has 8 nitrogen and oxygen atoms in total. The minimum absolute atomic E-state index is 0.255. The predicted octanol–water partition coefficient (Wildman–Crippen LogP) is 6.92. The maximum absolute atomic E-state index is 13.2. The number of carbonyl (C=O) groups is 4. The Hall–Kier alpha value is -3.50. The first-order valence-electron chi connectivity index (χ1n) is 14.6. The number of rotatable bonds is 8. The van der Waals surface area contributed by atoms with Crippen molar-refractivity contribution < 1.29 is 28.7 Å². The quantitative estimate of drug-likeness (QED) is 0.269. The summed E-state index contributed by atoms with van der Waals surface area (Å²) in [6, 6.07) is 6.32. The van der Waals surface area contributed by atoms with Crippen molar-refractivity contribution in [3.05, 3.63) is 67.4 Å². The Balaban J connectivity index is 1.33. The third-order valence-corrected chi connectivity index (χ3v) is 10.2. The highest BCUT2D eigenvalue weighted by Crippen LogP contribution is 2.41. The molecule has 0 saturated heterocycles. The largest absolute Gasteiger partial charge is 0.462 e. The van der Waals surface area contributed by atoms with E-state index >= 15 is 0 Å². The number of thiophene rings is 2. The zero-order valence-electron chi connectivity index (χ0n) is 24.4. The fourth-order valence-electron chi connectivity index (χ4n) is 5.64. The first kappa shape index (κ1) is 30.0. The summed E-state index contributed by atoms with van der Waals surface area (Å²) >= 11 is 2.87. The zero-order valence-corrected chi connectivity index (χ0v) is 26.0. The van der Waals surface area contributed by atoms with E-state index in [0.717, 1.165) is 59.4 Å². The van der Waals surface area contributed by atoms with Crippen molar-refractivity contribution in [1.29, 1.82) is 0 Å². The molecule has 2 amide bonds. The molecule has 2 aromatic heterocycles. The summed E-state index contributed by atoms with van der Waals surface area (Å²) in [4.78, 5) is 54.3. The molecule has 0 saturated carbocycles. The normalized spacial score (nSPS) is 17.5. The Morgan fingerprint density at radius 1 is 0.714 bits per heavy atom. The zero-order chi connectivity index (χ0) is 30.0. The second-order valence-corrected chi connectivity index (χ2v) is 13.2. The van der Waals surface area contributed by atoms with Crippen LogP contribution in [0.1, 0.15) is 103 Å². The molecule has 2 N–H and O–H groups in total. The summed E-state index contributed by atoms with van der Waals surface area (Å²) in [5.74, 6) is -0.542. The molecule has 0 spiro atoms. The molecule has 0 radical (unpaired) electrons. The average Bonchev–Trinajstić information content (AvgIpc) is 3.49. The van der Waals surface area contributed by atoms with Gasteiger partial charge in [0.05, 0.1) is 24.3 Å². The lowest BCUT2D eigenvalue weighted by molar-refractivity contribution is 0.0516. The molecule has 2 unspecified atom stereocenters. The molecule has 0 aliphatic heterocycles. The van der Waals surface area contributed by atoms with Crippen molar-refractivity contribution >= 4 is 56.4 Å². The molecule has 2 aliphatic rings. The minimum atomic E-state index is -0.418. The van der Waals surface area contributed by atoms with E-state index in [-0.39, 0.29) is 25.0 Å². The number of hydrogen-bond acceptors (Lipinski definition) is 8. The van der Waals surface area contributed by atoms with Crippen LogP contribution in [-0.4, -0.2) is 37.0 Å². The molecular formula is C32H36N2O6S2. The minimum Gasteiger partial charge on any atom is -0.462 e.